The van der Waals surface area contributed by atoms with Gasteiger partial charge in [0, 0.05) is 22.6 Å². The number of carbonyl (C=O) groups is 1. The fourth-order valence-corrected chi connectivity index (χ4v) is 5.10. The van der Waals surface area contributed by atoms with Crippen LogP contribution in [0.4, 0.5) is 0 Å². The lowest BCUT2D eigenvalue weighted by atomic mass is 9.96. The molecular weight excluding hydrogens is 512 g/mol. The quantitative estimate of drug-likeness (QED) is 0.188. The van der Waals surface area contributed by atoms with Gasteiger partial charge in [-0.1, -0.05) is 29.3 Å². The number of nitrogens with zero attached hydrogens (tertiary/aromatic N) is 2. The fourth-order valence-electron chi connectivity index (χ4n) is 4.92. The third-order valence-electron chi connectivity index (χ3n) is 6.91. The lowest BCUT2D eigenvalue weighted by Gasteiger charge is -2.38. The minimum absolute atomic E-state index is 0.0296. The van der Waals surface area contributed by atoms with Crippen LogP contribution in [-0.4, -0.2) is 23.3 Å². The fraction of sp³-hybridized carbons (Fsp3) is 0.188. The van der Waals surface area contributed by atoms with E-state index in [1.54, 1.807) is 24.3 Å². The summed E-state index contributed by atoms with van der Waals surface area (Å²) in [7, 11) is 0. The van der Waals surface area contributed by atoms with Crippen molar-refractivity contribution in [1.29, 1.82) is 0 Å². The number of hydrogen-bond donors (Lipinski definition) is 0. The standard InChI is InChI=1S/C32H27ClN2O4/c1-3-37-25-13-8-21(9-14-25)28-19-29-27-18-24(33)12-17-30(27)39-31(35(29)34-28)22-10-15-26(16-11-22)38-32(36)23-6-4-20(2)5-7-23/h4-18,29,31H,3,19H2,1-2H3/t29-,31+/m0/s1. The summed E-state index contributed by atoms with van der Waals surface area (Å²) < 4.78 is 17.7. The Balaban J connectivity index is 1.28. The molecule has 2 aliphatic rings. The van der Waals surface area contributed by atoms with Crippen LogP contribution in [0, 0.1) is 6.92 Å². The van der Waals surface area contributed by atoms with Crippen molar-refractivity contribution in [3.05, 3.63) is 124 Å². The molecule has 2 aliphatic heterocycles. The molecule has 0 aliphatic carbocycles. The lowest BCUT2D eigenvalue weighted by Crippen LogP contribution is -2.33. The Morgan fingerprint density at radius 3 is 2.41 bits per heavy atom. The summed E-state index contributed by atoms with van der Waals surface area (Å²) in [6.07, 6.45) is 0.263. The van der Waals surface area contributed by atoms with Crippen LogP contribution >= 0.6 is 11.6 Å². The number of ether oxygens (including phenoxy) is 3. The third kappa shape index (κ3) is 5.08. The number of fused-ring (bicyclic) bond motifs is 3. The van der Waals surface area contributed by atoms with Crippen molar-refractivity contribution >= 4 is 23.3 Å². The number of hydrogen-bond acceptors (Lipinski definition) is 6. The first-order chi connectivity index (χ1) is 19.0. The van der Waals surface area contributed by atoms with E-state index in [0.29, 0.717) is 29.4 Å². The molecular formula is C32H27ClN2O4. The van der Waals surface area contributed by atoms with E-state index in [1.165, 1.54) is 0 Å². The van der Waals surface area contributed by atoms with Gasteiger partial charge < -0.3 is 14.2 Å². The molecule has 0 N–H and O–H groups in total. The SMILES string of the molecule is CCOc1ccc(C2=NN3[C@@H](c4ccc(OC(=O)c5ccc(C)cc5)cc4)Oc4ccc(Cl)cc4[C@@H]3C2)cc1. The van der Waals surface area contributed by atoms with Gasteiger partial charge in [-0.25, -0.2) is 9.80 Å². The van der Waals surface area contributed by atoms with Crippen molar-refractivity contribution < 1.29 is 19.0 Å². The summed E-state index contributed by atoms with van der Waals surface area (Å²) in [5.74, 6) is 1.68. The zero-order chi connectivity index (χ0) is 26.9. The van der Waals surface area contributed by atoms with Gasteiger partial charge in [0.25, 0.3) is 0 Å². The van der Waals surface area contributed by atoms with Gasteiger partial charge in [0.15, 0.2) is 0 Å². The van der Waals surface area contributed by atoms with E-state index in [1.807, 2.05) is 85.6 Å². The smallest absolute Gasteiger partial charge is 0.343 e. The van der Waals surface area contributed by atoms with E-state index in [-0.39, 0.29) is 6.04 Å². The summed E-state index contributed by atoms with van der Waals surface area (Å²) in [5.41, 5.74) is 5.49. The van der Waals surface area contributed by atoms with Crippen molar-refractivity contribution in [3.8, 4) is 17.2 Å². The first kappa shape index (κ1) is 25.0. The van der Waals surface area contributed by atoms with Crippen LogP contribution in [0.15, 0.2) is 96.1 Å². The summed E-state index contributed by atoms with van der Waals surface area (Å²) in [6, 6.07) is 28.4. The second-order valence-corrected chi connectivity index (χ2v) is 10.0. The first-order valence-electron chi connectivity index (χ1n) is 12.9. The van der Waals surface area contributed by atoms with Gasteiger partial charge in [-0.15, -0.1) is 0 Å². The molecule has 2 atom stereocenters. The van der Waals surface area contributed by atoms with E-state index in [0.717, 1.165) is 39.5 Å². The molecule has 6 rings (SSSR count). The average Bonchev–Trinajstić information content (AvgIpc) is 3.40. The van der Waals surface area contributed by atoms with E-state index in [2.05, 4.69) is 0 Å². The van der Waals surface area contributed by atoms with Crippen LogP contribution in [0.1, 0.15) is 58.2 Å². The molecule has 0 amide bonds. The van der Waals surface area contributed by atoms with Crippen molar-refractivity contribution in [2.24, 2.45) is 5.10 Å². The minimum Gasteiger partial charge on any atom is -0.494 e. The first-order valence-corrected chi connectivity index (χ1v) is 13.3. The zero-order valence-corrected chi connectivity index (χ0v) is 22.4. The predicted molar refractivity (Wildman–Crippen MR) is 151 cm³/mol. The van der Waals surface area contributed by atoms with E-state index < -0.39 is 12.2 Å². The molecule has 2 heterocycles. The molecule has 0 radical (unpaired) electrons. The van der Waals surface area contributed by atoms with Crippen LogP contribution in [0.2, 0.25) is 5.02 Å². The highest BCUT2D eigenvalue weighted by Gasteiger charge is 2.41. The number of carbonyl (C=O) groups excluding carboxylic acids is 1. The van der Waals surface area contributed by atoms with Gasteiger partial charge in [0.2, 0.25) is 6.23 Å². The van der Waals surface area contributed by atoms with Gasteiger partial charge in [0.1, 0.15) is 17.2 Å². The molecule has 39 heavy (non-hydrogen) atoms. The highest BCUT2D eigenvalue weighted by molar-refractivity contribution is 6.30. The molecule has 0 spiro atoms. The van der Waals surface area contributed by atoms with Crippen LogP contribution in [0.5, 0.6) is 17.2 Å². The molecule has 0 saturated heterocycles. The maximum absolute atomic E-state index is 12.6. The maximum Gasteiger partial charge on any atom is 0.343 e. The molecule has 0 unspecified atom stereocenters. The number of halogens is 1. The molecule has 0 fully saturated rings. The molecule has 0 bridgehead atoms. The van der Waals surface area contributed by atoms with Crippen LogP contribution in [-0.2, 0) is 0 Å². The van der Waals surface area contributed by atoms with Crippen molar-refractivity contribution in [2.45, 2.75) is 32.5 Å². The highest BCUT2D eigenvalue weighted by Crippen LogP contribution is 2.48. The molecule has 4 aromatic carbocycles. The molecule has 7 heteroatoms. The molecule has 4 aromatic rings. The van der Waals surface area contributed by atoms with Crippen molar-refractivity contribution in [1.82, 2.24) is 5.01 Å². The molecule has 0 saturated carbocycles. The third-order valence-corrected chi connectivity index (χ3v) is 7.15. The number of benzene rings is 4. The van der Waals surface area contributed by atoms with Crippen LogP contribution < -0.4 is 14.2 Å². The van der Waals surface area contributed by atoms with Gasteiger partial charge in [-0.2, -0.15) is 5.10 Å². The summed E-state index contributed by atoms with van der Waals surface area (Å²) in [5, 5.41) is 7.67. The van der Waals surface area contributed by atoms with Gasteiger partial charge in [-0.3, -0.25) is 0 Å². The second-order valence-electron chi connectivity index (χ2n) is 9.58. The largest absolute Gasteiger partial charge is 0.494 e. The highest BCUT2D eigenvalue weighted by atomic mass is 35.5. The monoisotopic (exact) mass is 538 g/mol. The summed E-state index contributed by atoms with van der Waals surface area (Å²) in [6.45, 7) is 4.57. The van der Waals surface area contributed by atoms with Crippen LogP contribution in [0.3, 0.4) is 0 Å². The maximum atomic E-state index is 12.6. The summed E-state index contributed by atoms with van der Waals surface area (Å²) >= 11 is 6.36. The zero-order valence-electron chi connectivity index (χ0n) is 21.6. The Morgan fingerprint density at radius 2 is 1.69 bits per heavy atom. The second kappa shape index (κ2) is 10.5. The normalized spacial score (nSPS) is 17.5. The van der Waals surface area contributed by atoms with E-state index in [9.17, 15) is 4.79 Å². The van der Waals surface area contributed by atoms with Gasteiger partial charge in [-0.05, 0) is 98.3 Å². The Labute approximate surface area is 232 Å². The molecule has 0 aromatic heterocycles. The van der Waals surface area contributed by atoms with Crippen molar-refractivity contribution in [2.75, 3.05) is 6.61 Å². The molecule has 196 valence electrons. The van der Waals surface area contributed by atoms with Crippen LogP contribution in [0.25, 0.3) is 0 Å². The Bertz CT molecular complexity index is 1530. The Hall–Kier alpha value is -4.29. The number of esters is 1. The molecule has 6 nitrogen and oxygen atoms in total. The number of aryl methyl sites for hydroxylation is 1. The average molecular weight is 539 g/mol. The Kier molecular flexibility index (Phi) is 6.71. The van der Waals surface area contributed by atoms with Gasteiger partial charge >= 0.3 is 5.97 Å². The van der Waals surface area contributed by atoms with E-state index in [4.69, 9.17) is 30.9 Å². The predicted octanol–water partition coefficient (Wildman–Crippen LogP) is 7.51. The Morgan fingerprint density at radius 1 is 0.974 bits per heavy atom. The van der Waals surface area contributed by atoms with Gasteiger partial charge in [0.05, 0.1) is 23.9 Å². The number of rotatable bonds is 6. The van der Waals surface area contributed by atoms with Crippen molar-refractivity contribution in [3.63, 3.8) is 0 Å². The van der Waals surface area contributed by atoms with E-state index >= 15 is 0 Å². The topological polar surface area (TPSA) is 60.4 Å². The minimum atomic E-state index is -0.453. The summed E-state index contributed by atoms with van der Waals surface area (Å²) in [4.78, 5) is 12.6. The lowest BCUT2D eigenvalue weighted by molar-refractivity contribution is -0.0190. The number of hydrazone groups is 1.